The van der Waals surface area contributed by atoms with E-state index < -0.39 is 13.0 Å². The van der Waals surface area contributed by atoms with Gasteiger partial charge in [0.15, 0.2) is 0 Å². The molecule has 0 unspecified atom stereocenters. The second-order valence-corrected chi connectivity index (χ2v) is 3.79. The summed E-state index contributed by atoms with van der Waals surface area (Å²) in [7, 11) is 0. The van der Waals surface area contributed by atoms with Gasteiger partial charge in [-0.1, -0.05) is 12.1 Å². The van der Waals surface area contributed by atoms with Gasteiger partial charge in [-0.15, -0.1) is 0 Å². The van der Waals surface area contributed by atoms with Crippen LogP contribution >= 0.6 is 0 Å². The topological polar surface area (TPSA) is 47.0 Å². The van der Waals surface area contributed by atoms with E-state index >= 15 is 0 Å². The van der Waals surface area contributed by atoms with Gasteiger partial charge in [0.1, 0.15) is 18.2 Å². The second kappa shape index (κ2) is 6.63. The normalized spacial score (nSPS) is 10.5. The van der Waals surface area contributed by atoms with Crippen molar-refractivity contribution in [2.24, 2.45) is 0 Å². The third-order valence-electron chi connectivity index (χ3n) is 2.31. The van der Waals surface area contributed by atoms with Crippen LogP contribution in [-0.2, 0) is 6.54 Å². The van der Waals surface area contributed by atoms with Crippen molar-refractivity contribution >= 4 is 5.82 Å². The third-order valence-corrected chi connectivity index (χ3v) is 2.31. The number of nitrogens with zero attached hydrogens (tertiary/aromatic N) is 2. The zero-order valence-corrected chi connectivity index (χ0v) is 10.1. The molecule has 1 heterocycles. The minimum Gasteiger partial charge on any atom is -0.488 e. The van der Waals surface area contributed by atoms with Gasteiger partial charge in [0.05, 0.1) is 6.20 Å². The fourth-order valence-electron chi connectivity index (χ4n) is 1.49. The highest BCUT2D eigenvalue weighted by atomic mass is 19.3. The van der Waals surface area contributed by atoms with E-state index in [0.717, 1.165) is 5.56 Å². The van der Waals surface area contributed by atoms with Crippen LogP contribution in [0, 0.1) is 0 Å². The molecule has 4 nitrogen and oxygen atoms in total. The lowest BCUT2D eigenvalue weighted by Crippen LogP contribution is -2.07. The maximum Gasteiger partial charge on any atom is 0.272 e. The lowest BCUT2D eigenvalue weighted by atomic mass is 10.2. The number of nitrogens with one attached hydrogen (secondary N) is 1. The van der Waals surface area contributed by atoms with Crippen LogP contribution in [0.4, 0.5) is 14.6 Å². The van der Waals surface area contributed by atoms with Crippen molar-refractivity contribution in [2.75, 3.05) is 11.9 Å². The number of aromatic nitrogens is 2. The molecule has 0 fully saturated rings. The Morgan fingerprint density at radius 3 is 2.89 bits per heavy atom. The van der Waals surface area contributed by atoms with Crippen molar-refractivity contribution in [1.29, 1.82) is 0 Å². The molecule has 0 spiro atoms. The summed E-state index contributed by atoms with van der Waals surface area (Å²) < 4.78 is 29.0. The van der Waals surface area contributed by atoms with E-state index in [2.05, 4.69) is 15.3 Å². The number of anilines is 1. The van der Waals surface area contributed by atoms with Gasteiger partial charge in [-0.25, -0.2) is 13.8 Å². The van der Waals surface area contributed by atoms with Crippen LogP contribution in [0.1, 0.15) is 5.56 Å². The van der Waals surface area contributed by atoms with Crippen molar-refractivity contribution in [3.63, 3.8) is 0 Å². The van der Waals surface area contributed by atoms with Gasteiger partial charge in [0.25, 0.3) is 6.43 Å². The molecule has 1 aromatic carbocycles. The lowest BCUT2D eigenvalue weighted by Gasteiger charge is -2.08. The molecule has 0 aliphatic heterocycles. The quantitative estimate of drug-likeness (QED) is 0.872. The molecule has 1 aromatic heterocycles. The second-order valence-electron chi connectivity index (χ2n) is 3.79. The first-order valence-electron chi connectivity index (χ1n) is 5.74. The van der Waals surface area contributed by atoms with Crippen LogP contribution < -0.4 is 10.1 Å². The van der Waals surface area contributed by atoms with Crippen molar-refractivity contribution in [2.45, 2.75) is 13.0 Å². The summed E-state index contributed by atoms with van der Waals surface area (Å²) >= 11 is 0. The number of ether oxygens (including phenoxy) is 1. The molecular formula is C13H13F2N3O. The Kier molecular flexibility index (Phi) is 4.60. The summed E-state index contributed by atoms with van der Waals surface area (Å²) in [5.74, 6) is 1.08. The largest absolute Gasteiger partial charge is 0.488 e. The summed E-state index contributed by atoms with van der Waals surface area (Å²) in [6.07, 6.45) is 2.31. The monoisotopic (exact) mass is 265 g/mol. The van der Waals surface area contributed by atoms with Crippen LogP contribution in [0.25, 0.3) is 0 Å². The number of halogens is 2. The zero-order chi connectivity index (χ0) is 13.5. The lowest BCUT2D eigenvalue weighted by molar-refractivity contribution is 0.0818. The van der Waals surface area contributed by atoms with E-state index in [1.54, 1.807) is 36.8 Å². The Balaban J connectivity index is 1.91. The number of rotatable bonds is 6. The molecule has 0 amide bonds. The average Bonchev–Trinajstić information content (AvgIpc) is 2.44. The molecule has 1 N–H and O–H groups in total. The molecule has 0 saturated heterocycles. The summed E-state index contributed by atoms with van der Waals surface area (Å²) in [4.78, 5) is 8.00. The standard InChI is InChI=1S/C13H13F2N3O/c14-12(15)9-19-11-3-1-2-10(6-11)7-18-13-8-16-4-5-17-13/h1-6,8,12H,7,9H2,(H,17,18). The molecule has 0 aliphatic rings. The predicted octanol–water partition coefficient (Wildman–Crippen LogP) is 2.73. The molecule has 6 heteroatoms. The van der Waals surface area contributed by atoms with Crippen LogP contribution in [-0.4, -0.2) is 23.0 Å². The van der Waals surface area contributed by atoms with E-state index in [9.17, 15) is 8.78 Å². The highest BCUT2D eigenvalue weighted by molar-refractivity contribution is 5.34. The molecule has 0 saturated carbocycles. The fraction of sp³-hybridized carbons (Fsp3) is 0.231. The van der Waals surface area contributed by atoms with Crippen molar-refractivity contribution in [3.8, 4) is 5.75 Å². The molecule has 0 radical (unpaired) electrons. The smallest absolute Gasteiger partial charge is 0.272 e. The van der Waals surface area contributed by atoms with Gasteiger partial charge in [-0.05, 0) is 17.7 Å². The van der Waals surface area contributed by atoms with E-state index in [0.29, 0.717) is 18.1 Å². The van der Waals surface area contributed by atoms with Crippen molar-refractivity contribution < 1.29 is 13.5 Å². The van der Waals surface area contributed by atoms with Gasteiger partial charge < -0.3 is 10.1 Å². The minimum atomic E-state index is -2.47. The first-order valence-corrected chi connectivity index (χ1v) is 5.74. The summed E-state index contributed by atoms with van der Waals surface area (Å²) in [5, 5.41) is 3.08. The van der Waals surface area contributed by atoms with E-state index in [1.807, 2.05) is 6.07 Å². The average molecular weight is 265 g/mol. The molecule has 2 aromatic rings. The maximum absolute atomic E-state index is 12.0. The van der Waals surface area contributed by atoms with Crippen molar-refractivity contribution in [1.82, 2.24) is 9.97 Å². The minimum absolute atomic E-state index is 0.429. The Morgan fingerprint density at radius 1 is 1.26 bits per heavy atom. The van der Waals surface area contributed by atoms with E-state index in [-0.39, 0.29) is 0 Å². The number of hydrogen-bond acceptors (Lipinski definition) is 4. The molecule has 0 atom stereocenters. The van der Waals surface area contributed by atoms with Gasteiger partial charge in [-0.2, -0.15) is 0 Å². The van der Waals surface area contributed by atoms with E-state index in [4.69, 9.17) is 4.74 Å². The molecule has 0 bridgehead atoms. The Morgan fingerprint density at radius 2 is 2.16 bits per heavy atom. The van der Waals surface area contributed by atoms with Gasteiger partial charge in [-0.3, -0.25) is 4.98 Å². The molecular weight excluding hydrogens is 252 g/mol. The zero-order valence-electron chi connectivity index (χ0n) is 10.1. The summed E-state index contributed by atoms with van der Waals surface area (Å²) in [6, 6.07) is 6.99. The summed E-state index contributed by atoms with van der Waals surface area (Å²) in [6.45, 7) is -0.0778. The highest BCUT2D eigenvalue weighted by Gasteiger charge is 2.04. The predicted molar refractivity (Wildman–Crippen MR) is 67.3 cm³/mol. The van der Waals surface area contributed by atoms with Crippen molar-refractivity contribution in [3.05, 3.63) is 48.4 Å². The number of benzene rings is 1. The van der Waals surface area contributed by atoms with Crippen LogP contribution in [0.15, 0.2) is 42.9 Å². The first-order chi connectivity index (χ1) is 9.24. The van der Waals surface area contributed by atoms with Crippen LogP contribution in [0.3, 0.4) is 0 Å². The van der Waals surface area contributed by atoms with E-state index in [1.165, 1.54) is 0 Å². The molecule has 19 heavy (non-hydrogen) atoms. The number of alkyl halides is 2. The Labute approximate surface area is 109 Å². The third kappa shape index (κ3) is 4.50. The van der Waals surface area contributed by atoms with Crippen LogP contribution in [0.2, 0.25) is 0 Å². The SMILES string of the molecule is FC(F)COc1cccc(CNc2cnccn2)c1. The number of hydrogen-bond donors (Lipinski definition) is 1. The fourth-order valence-corrected chi connectivity index (χ4v) is 1.49. The van der Waals surface area contributed by atoms with Gasteiger partial charge in [0, 0.05) is 18.9 Å². The van der Waals surface area contributed by atoms with Gasteiger partial charge >= 0.3 is 0 Å². The molecule has 2 rings (SSSR count). The maximum atomic E-state index is 12.0. The Hall–Kier alpha value is -2.24. The summed E-state index contributed by atoms with van der Waals surface area (Å²) in [5.41, 5.74) is 0.914. The Bertz CT molecular complexity index is 508. The molecule has 100 valence electrons. The molecule has 0 aliphatic carbocycles. The highest BCUT2D eigenvalue weighted by Crippen LogP contribution is 2.15. The van der Waals surface area contributed by atoms with Gasteiger partial charge in [0.2, 0.25) is 0 Å². The van der Waals surface area contributed by atoms with Crippen LogP contribution in [0.5, 0.6) is 5.75 Å². The first kappa shape index (κ1) is 13.2.